The Balaban J connectivity index is 1.65. The Labute approximate surface area is 177 Å². The van der Waals surface area contributed by atoms with Crippen LogP contribution < -0.4 is 20.9 Å². The van der Waals surface area contributed by atoms with Crippen molar-refractivity contribution in [2.45, 2.75) is 25.2 Å². The van der Waals surface area contributed by atoms with Crippen LogP contribution in [-0.4, -0.2) is 60.6 Å². The molecule has 2 saturated heterocycles. The van der Waals surface area contributed by atoms with E-state index in [9.17, 15) is 18.3 Å². The molecule has 3 heterocycles. The van der Waals surface area contributed by atoms with E-state index in [1.54, 1.807) is 6.07 Å². The molecule has 0 spiro atoms. The van der Waals surface area contributed by atoms with Crippen LogP contribution in [0.15, 0.2) is 24.3 Å². The maximum Gasteiger partial charge on any atom is 0.416 e. The predicted octanol–water partition coefficient (Wildman–Crippen LogP) is 2.10. The number of hydrogen-bond donors (Lipinski definition) is 3. The van der Waals surface area contributed by atoms with Crippen LogP contribution in [0.2, 0.25) is 0 Å². The molecule has 168 valence electrons. The minimum atomic E-state index is -4.45. The number of rotatable bonds is 5. The van der Waals surface area contributed by atoms with Gasteiger partial charge in [-0.2, -0.15) is 23.1 Å². The summed E-state index contributed by atoms with van der Waals surface area (Å²) in [6.07, 6.45) is -4.33. The summed E-state index contributed by atoms with van der Waals surface area (Å²) < 4.78 is 45.4. The maximum atomic E-state index is 13.3. The van der Waals surface area contributed by atoms with Crippen molar-refractivity contribution in [2.24, 2.45) is 0 Å². The Bertz CT molecular complexity index is 920. The van der Waals surface area contributed by atoms with Crippen LogP contribution in [0.4, 0.5) is 36.4 Å². The topological polar surface area (TPSA) is 99.8 Å². The van der Waals surface area contributed by atoms with Crippen molar-refractivity contribution in [3.05, 3.63) is 35.4 Å². The number of halogens is 3. The highest BCUT2D eigenvalue weighted by Crippen LogP contribution is 2.35. The Morgan fingerprint density at radius 2 is 1.87 bits per heavy atom. The zero-order valence-electron chi connectivity index (χ0n) is 16.9. The maximum absolute atomic E-state index is 13.3. The van der Waals surface area contributed by atoms with E-state index < -0.39 is 17.8 Å². The van der Waals surface area contributed by atoms with Crippen LogP contribution in [0.5, 0.6) is 0 Å². The van der Waals surface area contributed by atoms with E-state index >= 15 is 0 Å². The minimum Gasteiger partial charge on any atom is -0.393 e. The molecule has 8 nitrogen and oxygen atoms in total. The van der Waals surface area contributed by atoms with Gasteiger partial charge >= 0.3 is 6.18 Å². The van der Waals surface area contributed by atoms with Gasteiger partial charge in [0, 0.05) is 32.7 Å². The quantitative estimate of drug-likeness (QED) is 0.653. The van der Waals surface area contributed by atoms with E-state index in [0.29, 0.717) is 57.6 Å². The van der Waals surface area contributed by atoms with Gasteiger partial charge in [0.25, 0.3) is 0 Å². The first-order valence-electron chi connectivity index (χ1n) is 10.1. The predicted molar refractivity (Wildman–Crippen MR) is 111 cm³/mol. The van der Waals surface area contributed by atoms with Crippen LogP contribution in [-0.2, 0) is 17.5 Å². The summed E-state index contributed by atoms with van der Waals surface area (Å²) in [4.78, 5) is 12.9. The number of β-amino-alcohol motifs (C(OH)–C–C–N with tert-alkyl or cyclic N) is 1. The fourth-order valence-electron chi connectivity index (χ4n) is 3.79. The van der Waals surface area contributed by atoms with Gasteiger partial charge in [0.2, 0.25) is 5.95 Å². The number of benzene rings is 1. The highest BCUT2D eigenvalue weighted by atomic mass is 19.4. The van der Waals surface area contributed by atoms with Crippen LogP contribution in [0.3, 0.4) is 0 Å². The van der Waals surface area contributed by atoms with E-state index in [2.05, 4.69) is 15.3 Å². The van der Waals surface area contributed by atoms with E-state index in [1.165, 1.54) is 12.1 Å². The molecule has 4 rings (SSSR count). The average molecular weight is 438 g/mol. The molecule has 0 aliphatic carbocycles. The SMILES string of the molecule is Nc1c(NCc2ccccc2C(F)(F)F)nc(N2CCOCC2)nc1N1CCC(O)C1. The molecular formula is C20H25F3N6O2. The molecule has 31 heavy (non-hydrogen) atoms. The fourth-order valence-corrected chi connectivity index (χ4v) is 3.79. The van der Waals surface area contributed by atoms with Gasteiger partial charge in [0.1, 0.15) is 5.69 Å². The van der Waals surface area contributed by atoms with Gasteiger partial charge in [-0.1, -0.05) is 18.2 Å². The summed E-state index contributed by atoms with van der Waals surface area (Å²) in [5.74, 6) is 1.17. The molecule has 0 amide bonds. The van der Waals surface area contributed by atoms with Crippen LogP contribution in [0.25, 0.3) is 0 Å². The lowest BCUT2D eigenvalue weighted by molar-refractivity contribution is -0.138. The van der Waals surface area contributed by atoms with Gasteiger partial charge in [-0.05, 0) is 18.1 Å². The third-order valence-electron chi connectivity index (χ3n) is 5.44. The molecule has 0 bridgehead atoms. The number of aliphatic hydroxyl groups excluding tert-OH is 1. The molecule has 2 aromatic rings. The number of anilines is 4. The zero-order chi connectivity index (χ0) is 22.0. The Hall–Kier alpha value is -2.79. The van der Waals surface area contributed by atoms with Gasteiger partial charge in [0.15, 0.2) is 11.6 Å². The van der Waals surface area contributed by atoms with Crippen molar-refractivity contribution in [1.82, 2.24) is 9.97 Å². The van der Waals surface area contributed by atoms with E-state index in [1.807, 2.05) is 9.80 Å². The van der Waals surface area contributed by atoms with Gasteiger partial charge in [-0.15, -0.1) is 0 Å². The molecule has 1 atom stereocenters. The highest BCUT2D eigenvalue weighted by molar-refractivity contribution is 5.77. The molecule has 1 aromatic heterocycles. The first kappa shape index (κ1) is 21.4. The fraction of sp³-hybridized carbons (Fsp3) is 0.500. The average Bonchev–Trinajstić information content (AvgIpc) is 3.19. The molecule has 11 heteroatoms. The Kier molecular flexibility index (Phi) is 6.05. The van der Waals surface area contributed by atoms with Crippen LogP contribution in [0.1, 0.15) is 17.5 Å². The van der Waals surface area contributed by atoms with Crippen LogP contribution in [0, 0.1) is 0 Å². The number of morpholine rings is 1. The molecule has 2 fully saturated rings. The number of hydrogen-bond acceptors (Lipinski definition) is 8. The minimum absolute atomic E-state index is 0.0957. The summed E-state index contributed by atoms with van der Waals surface area (Å²) in [6, 6.07) is 5.40. The van der Waals surface area contributed by atoms with Crippen molar-refractivity contribution < 1.29 is 23.0 Å². The van der Waals surface area contributed by atoms with E-state index in [0.717, 1.165) is 6.07 Å². The molecule has 2 aliphatic heterocycles. The zero-order valence-corrected chi connectivity index (χ0v) is 16.9. The molecule has 1 aromatic carbocycles. The van der Waals surface area contributed by atoms with Crippen molar-refractivity contribution >= 4 is 23.3 Å². The van der Waals surface area contributed by atoms with Crippen molar-refractivity contribution in [3.8, 4) is 0 Å². The smallest absolute Gasteiger partial charge is 0.393 e. The molecule has 4 N–H and O–H groups in total. The Morgan fingerprint density at radius 3 is 2.55 bits per heavy atom. The number of nitrogen functional groups attached to an aromatic ring is 1. The van der Waals surface area contributed by atoms with Gasteiger partial charge in [0.05, 0.1) is 24.9 Å². The molecule has 2 aliphatic rings. The molecule has 1 unspecified atom stereocenters. The monoisotopic (exact) mass is 438 g/mol. The van der Waals surface area contributed by atoms with Gasteiger partial charge in [-0.3, -0.25) is 0 Å². The number of ether oxygens (including phenoxy) is 1. The lowest BCUT2D eigenvalue weighted by Gasteiger charge is -2.29. The number of nitrogens with one attached hydrogen (secondary N) is 1. The number of aromatic nitrogens is 2. The van der Waals surface area contributed by atoms with Crippen molar-refractivity contribution in [1.29, 1.82) is 0 Å². The summed E-state index contributed by atoms with van der Waals surface area (Å²) in [6.45, 7) is 3.15. The summed E-state index contributed by atoms with van der Waals surface area (Å²) >= 11 is 0. The highest BCUT2D eigenvalue weighted by Gasteiger charge is 2.33. The first-order chi connectivity index (χ1) is 14.8. The summed E-state index contributed by atoms with van der Waals surface area (Å²) in [5, 5.41) is 12.9. The largest absolute Gasteiger partial charge is 0.416 e. The van der Waals surface area contributed by atoms with Crippen molar-refractivity contribution in [2.75, 3.05) is 60.2 Å². The Morgan fingerprint density at radius 1 is 1.13 bits per heavy atom. The normalized spacial score (nSPS) is 19.7. The number of aliphatic hydroxyl groups is 1. The number of alkyl halides is 3. The second-order valence-electron chi connectivity index (χ2n) is 7.61. The number of nitrogens with two attached hydrogens (primary N) is 1. The standard InChI is InChI=1S/C20H25F3N6O2/c21-20(22,23)15-4-2-1-3-13(15)11-25-17-16(24)18(29-6-5-14(30)12-29)27-19(26-17)28-7-9-31-10-8-28/h1-4,14,30H,5-12,24H2,(H,25,26,27). The van der Waals surface area contributed by atoms with E-state index in [4.69, 9.17) is 10.5 Å². The molecule has 0 saturated carbocycles. The lowest BCUT2D eigenvalue weighted by Crippen LogP contribution is -2.38. The second-order valence-corrected chi connectivity index (χ2v) is 7.61. The lowest BCUT2D eigenvalue weighted by atomic mass is 10.1. The first-order valence-corrected chi connectivity index (χ1v) is 10.1. The van der Waals surface area contributed by atoms with E-state index in [-0.39, 0.29) is 23.6 Å². The van der Waals surface area contributed by atoms with Gasteiger partial charge in [-0.25, -0.2) is 0 Å². The third-order valence-corrected chi connectivity index (χ3v) is 5.44. The van der Waals surface area contributed by atoms with Crippen molar-refractivity contribution in [3.63, 3.8) is 0 Å². The summed E-state index contributed by atoms with van der Waals surface area (Å²) in [7, 11) is 0. The second kappa shape index (κ2) is 8.75. The molecule has 0 radical (unpaired) electrons. The third kappa shape index (κ3) is 4.77. The molecular weight excluding hydrogens is 413 g/mol. The van der Waals surface area contributed by atoms with Gasteiger partial charge < -0.3 is 30.7 Å². The van der Waals surface area contributed by atoms with Crippen LogP contribution >= 0.6 is 0 Å². The summed E-state index contributed by atoms with van der Waals surface area (Å²) in [5.41, 5.74) is 5.96. The number of nitrogens with zero attached hydrogens (tertiary/aromatic N) is 4.